The van der Waals surface area contributed by atoms with E-state index in [2.05, 4.69) is 0 Å². The van der Waals surface area contributed by atoms with Gasteiger partial charge in [0.25, 0.3) is 0 Å². The number of hydrogen-bond acceptors (Lipinski definition) is 3. The molecule has 2 N–H and O–H groups in total. The van der Waals surface area contributed by atoms with Gasteiger partial charge in [0, 0.05) is 0 Å². The molecule has 0 aliphatic carbocycles. The van der Waals surface area contributed by atoms with E-state index >= 15 is 0 Å². The SMILES string of the molecule is CCC(C)(O)COc1ccc([C@@H](C)O)cc1. The van der Waals surface area contributed by atoms with Gasteiger partial charge in [0.05, 0.1) is 11.7 Å². The Labute approximate surface area is 96.7 Å². The molecule has 0 aliphatic heterocycles. The lowest BCUT2D eigenvalue weighted by molar-refractivity contribution is 0.00845. The summed E-state index contributed by atoms with van der Waals surface area (Å²) < 4.78 is 5.46. The maximum Gasteiger partial charge on any atom is 0.119 e. The fourth-order valence-electron chi connectivity index (χ4n) is 1.18. The standard InChI is InChI=1S/C13H20O3/c1-4-13(3,15)9-16-12-7-5-11(6-8-12)10(2)14/h5-8,10,14-15H,4,9H2,1-3H3/t10-,13?/m1/s1. The van der Waals surface area contributed by atoms with Crippen LogP contribution >= 0.6 is 0 Å². The second-order valence-electron chi connectivity index (χ2n) is 4.38. The zero-order valence-corrected chi connectivity index (χ0v) is 10.1. The van der Waals surface area contributed by atoms with Gasteiger partial charge in [-0.2, -0.15) is 0 Å². The summed E-state index contributed by atoms with van der Waals surface area (Å²) in [5.74, 6) is 0.707. The molecule has 0 aromatic heterocycles. The quantitative estimate of drug-likeness (QED) is 0.806. The molecule has 1 aromatic rings. The first-order chi connectivity index (χ1) is 7.44. The van der Waals surface area contributed by atoms with Crippen molar-refractivity contribution >= 4 is 0 Å². The van der Waals surface area contributed by atoms with Crippen LogP contribution in [0.4, 0.5) is 0 Å². The molecule has 1 unspecified atom stereocenters. The minimum Gasteiger partial charge on any atom is -0.491 e. The lowest BCUT2D eigenvalue weighted by atomic mass is 10.1. The largest absolute Gasteiger partial charge is 0.491 e. The van der Waals surface area contributed by atoms with Gasteiger partial charge >= 0.3 is 0 Å². The van der Waals surface area contributed by atoms with Crippen molar-refractivity contribution in [2.24, 2.45) is 0 Å². The van der Waals surface area contributed by atoms with Crippen molar-refractivity contribution in [1.29, 1.82) is 0 Å². The van der Waals surface area contributed by atoms with Gasteiger partial charge in [-0.25, -0.2) is 0 Å². The molecule has 3 nitrogen and oxygen atoms in total. The Morgan fingerprint density at radius 1 is 1.31 bits per heavy atom. The molecule has 0 spiro atoms. The van der Waals surface area contributed by atoms with Crippen LogP contribution < -0.4 is 4.74 Å². The number of hydrogen-bond donors (Lipinski definition) is 2. The van der Waals surface area contributed by atoms with E-state index in [1.165, 1.54) is 0 Å². The summed E-state index contributed by atoms with van der Waals surface area (Å²) in [5.41, 5.74) is 0.0674. The highest BCUT2D eigenvalue weighted by Gasteiger charge is 2.18. The van der Waals surface area contributed by atoms with Gasteiger partial charge in [0.1, 0.15) is 12.4 Å². The van der Waals surface area contributed by atoms with Crippen LogP contribution in [-0.2, 0) is 0 Å². The van der Waals surface area contributed by atoms with E-state index in [4.69, 9.17) is 4.74 Å². The molecule has 2 atom stereocenters. The Bertz CT molecular complexity index is 314. The number of benzene rings is 1. The van der Waals surface area contributed by atoms with Crippen LogP contribution in [0, 0.1) is 0 Å². The van der Waals surface area contributed by atoms with Crippen molar-refractivity contribution in [2.45, 2.75) is 38.9 Å². The molecule has 1 aromatic carbocycles. The monoisotopic (exact) mass is 224 g/mol. The molecule has 0 radical (unpaired) electrons. The minimum absolute atomic E-state index is 0.275. The van der Waals surface area contributed by atoms with E-state index in [1.807, 2.05) is 19.1 Å². The average molecular weight is 224 g/mol. The highest BCUT2D eigenvalue weighted by Crippen LogP contribution is 2.19. The Balaban J connectivity index is 2.56. The van der Waals surface area contributed by atoms with E-state index in [1.54, 1.807) is 26.0 Å². The van der Waals surface area contributed by atoms with Crippen LogP contribution in [0.5, 0.6) is 5.75 Å². The summed E-state index contributed by atoms with van der Waals surface area (Å²) >= 11 is 0. The first kappa shape index (κ1) is 13.0. The smallest absolute Gasteiger partial charge is 0.119 e. The van der Waals surface area contributed by atoms with Gasteiger partial charge in [-0.05, 0) is 38.0 Å². The van der Waals surface area contributed by atoms with E-state index in [0.717, 1.165) is 5.56 Å². The van der Waals surface area contributed by atoms with Gasteiger partial charge in [0.2, 0.25) is 0 Å². The first-order valence-electron chi connectivity index (χ1n) is 5.58. The van der Waals surface area contributed by atoms with Crippen molar-refractivity contribution in [1.82, 2.24) is 0 Å². The fourth-order valence-corrected chi connectivity index (χ4v) is 1.18. The maximum atomic E-state index is 9.76. The third-order valence-corrected chi connectivity index (χ3v) is 2.67. The lowest BCUT2D eigenvalue weighted by Crippen LogP contribution is -2.31. The summed E-state index contributed by atoms with van der Waals surface area (Å²) in [4.78, 5) is 0. The lowest BCUT2D eigenvalue weighted by Gasteiger charge is -2.21. The van der Waals surface area contributed by atoms with E-state index in [-0.39, 0.29) is 6.61 Å². The summed E-state index contributed by atoms with van der Waals surface area (Å²) in [6.07, 6.45) is 0.187. The molecule has 0 bridgehead atoms. The van der Waals surface area contributed by atoms with Gasteiger partial charge in [0.15, 0.2) is 0 Å². The molecular formula is C13H20O3. The van der Waals surface area contributed by atoms with Gasteiger partial charge in [-0.1, -0.05) is 19.1 Å². The topological polar surface area (TPSA) is 49.7 Å². The Hall–Kier alpha value is -1.06. The fraction of sp³-hybridized carbons (Fsp3) is 0.538. The van der Waals surface area contributed by atoms with Crippen molar-refractivity contribution in [2.75, 3.05) is 6.61 Å². The average Bonchev–Trinajstić information content (AvgIpc) is 2.27. The molecule has 0 amide bonds. The molecular weight excluding hydrogens is 204 g/mol. The molecule has 90 valence electrons. The van der Waals surface area contributed by atoms with Crippen molar-refractivity contribution in [3.63, 3.8) is 0 Å². The number of ether oxygens (including phenoxy) is 1. The maximum absolute atomic E-state index is 9.76. The van der Waals surface area contributed by atoms with Crippen LogP contribution in [0.25, 0.3) is 0 Å². The van der Waals surface area contributed by atoms with Gasteiger partial charge in [-0.15, -0.1) is 0 Å². The highest BCUT2D eigenvalue weighted by atomic mass is 16.5. The Morgan fingerprint density at radius 3 is 2.31 bits per heavy atom. The summed E-state index contributed by atoms with van der Waals surface area (Å²) in [6, 6.07) is 7.24. The first-order valence-corrected chi connectivity index (χ1v) is 5.58. The van der Waals surface area contributed by atoms with Crippen molar-refractivity contribution in [3.05, 3.63) is 29.8 Å². The predicted molar refractivity (Wildman–Crippen MR) is 63.5 cm³/mol. The van der Waals surface area contributed by atoms with E-state index in [9.17, 15) is 10.2 Å². The zero-order valence-electron chi connectivity index (χ0n) is 10.1. The molecule has 0 heterocycles. The Kier molecular flexibility index (Phi) is 4.33. The predicted octanol–water partition coefficient (Wildman–Crippen LogP) is 2.28. The normalized spacial score (nSPS) is 16.6. The van der Waals surface area contributed by atoms with E-state index in [0.29, 0.717) is 12.2 Å². The number of rotatable bonds is 5. The third-order valence-electron chi connectivity index (χ3n) is 2.67. The molecule has 3 heteroatoms. The number of aliphatic hydroxyl groups is 2. The van der Waals surface area contributed by atoms with Crippen LogP contribution in [0.15, 0.2) is 24.3 Å². The molecule has 0 saturated carbocycles. The van der Waals surface area contributed by atoms with Crippen LogP contribution in [0.2, 0.25) is 0 Å². The van der Waals surface area contributed by atoms with Gasteiger partial charge in [-0.3, -0.25) is 0 Å². The van der Waals surface area contributed by atoms with Crippen LogP contribution in [0.1, 0.15) is 38.9 Å². The molecule has 0 saturated heterocycles. The van der Waals surface area contributed by atoms with E-state index < -0.39 is 11.7 Å². The molecule has 16 heavy (non-hydrogen) atoms. The Morgan fingerprint density at radius 2 is 1.88 bits per heavy atom. The molecule has 0 aliphatic rings. The van der Waals surface area contributed by atoms with Crippen LogP contribution in [-0.4, -0.2) is 22.4 Å². The summed E-state index contributed by atoms with van der Waals surface area (Å²) in [5, 5.41) is 19.1. The number of aliphatic hydroxyl groups excluding tert-OH is 1. The van der Waals surface area contributed by atoms with Crippen molar-refractivity contribution in [3.8, 4) is 5.75 Å². The third kappa shape index (κ3) is 3.83. The highest BCUT2D eigenvalue weighted by molar-refractivity contribution is 5.28. The van der Waals surface area contributed by atoms with Crippen molar-refractivity contribution < 1.29 is 14.9 Å². The minimum atomic E-state index is -0.789. The molecule has 0 fully saturated rings. The molecule has 1 rings (SSSR count). The van der Waals surface area contributed by atoms with Crippen LogP contribution in [0.3, 0.4) is 0 Å². The summed E-state index contributed by atoms with van der Waals surface area (Å²) in [7, 11) is 0. The summed E-state index contributed by atoms with van der Waals surface area (Å²) in [6.45, 7) is 5.66. The van der Waals surface area contributed by atoms with Gasteiger partial charge < -0.3 is 14.9 Å². The second-order valence-corrected chi connectivity index (χ2v) is 4.38. The zero-order chi connectivity index (χ0) is 12.2. The second kappa shape index (κ2) is 5.32.